The molecule has 0 saturated heterocycles. The van der Waals surface area contributed by atoms with Crippen LogP contribution in [0.4, 0.5) is 0 Å². The van der Waals surface area contributed by atoms with Crippen LogP contribution in [0.3, 0.4) is 0 Å². The highest BCUT2D eigenvalue weighted by Crippen LogP contribution is 2.14. The van der Waals surface area contributed by atoms with Gasteiger partial charge in [0.05, 0.1) is 11.4 Å². The molecule has 0 amide bonds. The number of hydrogen-bond acceptors (Lipinski definition) is 3. The molecule has 1 rings (SSSR count). The van der Waals surface area contributed by atoms with Gasteiger partial charge in [0.25, 0.3) is 0 Å². The summed E-state index contributed by atoms with van der Waals surface area (Å²) in [5, 5.41) is 4.40. The van der Waals surface area contributed by atoms with Crippen LogP contribution < -0.4 is 5.90 Å². The monoisotopic (exact) mass is 183 g/mol. The molecule has 1 aromatic heterocycles. The second-order valence-corrected chi connectivity index (χ2v) is 3.20. The van der Waals surface area contributed by atoms with E-state index < -0.39 is 0 Å². The van der Waals surface area contributed by atoms with E-state index in [1.807, 2.05) is 11.7 Å². The summed E-state index contributed by atoms with van der Waals surface area (Å²) in [6.45, 7) is 4.64. The summed E-state index contributed by atoms with van der Waals surface area (Å²) < 4.78 is 1.84. The molecule has 0 radical (unpaired) electrons. The molecule has 4 nitrogen and oxygen atoms in total. The fraction of sp³-hybridized carbons (Fsp3) is 0.667. The van der Waals surface area contributed by atoms with Crippen molar-refractivity contribution in [1.82, 2.24) is 9.78 Å². The van der Waals surface area contributed by atoms with E-state index in [9.17, 15) is 0 Å². The lowest BCUT2D eigenvalue weighted by molar-refractivity contribution is 0.118. The van der Waals surface area contributed by atoms with Gasteiger partial charge in [0, 0.05) is 7.05 Å². The molecule has 0 aliphatic heterocycles. The zero-order chi connectivity index (χ0) is 9.84. The number of rotatable bonds is 4. The second-order valence-electron chi connectivity index (χ2n) is 3.20. The molecule has 0 saturated carbocycles. The van der Waals surface area contributed by atoms with Crippen molar-refractivity contribution < 1.29 is 4.84 Å². The summed E-state index contributed by atoms with van der Waals surface area (Å²) in [6.07, 6.45) is 2.13. The van der Waals surface area contributed by atoms with Crippen molar-refractivity contribution >= 4 is 0 Å². The minimum Gasteiger partial charge on any atom is -0.298 e. The van der Waals surface area contributed by atoms with Crippen LogP contribution >= 0.6 is 0 Å². The summed E-state index contributed by atoms with van der Waals surface area (Å²) in [5.41, 5.74) is 3.41. The van der Waals surface area contributed by atoms with E-state index in [0.717, 1.165) is 24.2 Å². The van der Waals surface area contributed by atoms with Crippen LogP contribution in [0.5, 0.6) is 0 Å². The molecule has 0 fully saturated rings. The van der Waals surface area contributed by atoms with Gasteiger partial charge in [-0.25, -0.2) is 5.90 Å². The predicted molar refractivity (Wildman–Crippen MR) is 50.9 cm³/mol. The van der Waals surface area contributed by atoms with E-state index in [1.54, 1.807) is 0 Å². The molecule has 0 atom stereocenters. The Bertz CT molecular complexity index is 281. The first-order valence-corrected chi connectivity index (χ1v) is 4.53. The Morgan fingerprint density at radius 3 is 2.77 bits per heavy atom. The first-order chi connectivity index (χ1) is 6.20. The SMILES string of the molecule is CCCc1nn(C)c(CON)c1C. The Balaban J connectivity index is 2.92. The molecule has 0 unspecified atom stereocenters. The van der Waals surface area contributed by atoms with Crippen LogP contribution in [-0.4, -0.2) is 9.78 Å². The van der Waals surface area contributed by atoms with Gasteiger partial charge >= 0.3 is 0 Å². The van der Waals surface area contributed by atoms with Gasteiger partial charge in [0.2, 0.25) is 0 Å². The predicted octanol–water partition coefficient (Wildman–Crippen LogP) is 1.07. The van der Waals surface area contributed by atoms with E-state index >= 15 is 0 Å². The first kappa shape index (κ1) is 10.2. The largest absolute Gasteiger partial charge is 0.298 e. The van der Waals surface area contributed by atoms with Gasteiger partial charge in [-0.05, 0) is 18.9 Å². The quantitative estimate of drug-likeness (QED) is 0.710. The van der Waals surface area contributed by atoms with Gasteiger partial charge in [0.15, 0.2) is 0 Å². The zero-order valence-corrected chi connectivity index (χ0v) is 8.50. The number of nitrogens with zero attached hydrogens (tertiary/aromatic N) is 2. The average Bonchev–Trinajstić information content (AvgIpc) is 2.34. The van der Waals surface area contributed by atoms with Crippen molar-refractivity contribution in [3.63, 3.8) is 0 Å². The molecule has 2 N–H and O–H groups in total. The van der Waals surface area contributed by atoms with E-state index in [2.05, 4.69) is 23.8 Å². The molecule has 13 heavy (non-hydrogen) atoms. The van der Waals surface area contributed by atoms with E-state index in [-0.39, 0.29) is 0 Å². The number of aryl methyl sites for hydroxylation is 2. The maximum Gasteiger partial charge on any atom is 0.110 e. The van der Waals surface area contributed by atoms with Crippen LogP contribution in [-0.2, 0) is 24.9 Å². The summed E-state index contributed by atoms with van der Waals surface area (Å²) in [4.78, 5) is 4.62. The third kappa shape index (κ3) is 2.08. The molecular formula is C9H17N3O. The third-order valence-corrected chi connectivity index (χ3v) is 2.23. The summed E-state index contributed by atoms with van der Waals surface area (Å²) >= 11 is 0. The molecule has 0 aliphatic rings. The first-order valence-electron chi connectivity index (χ1n) is 4.53. The molecular weight excluding hydrogens is 166 g/mol. The topological polar surface area (TPSA) is 53.1 Å². The summed E-state index contributed by atoms with van der Waals surface area (Å²) in [7, 11) is 1.92. The van der Waals surface area contributed by atoms with Crippen LogP contribution in [0.1, 0.15) is 30.3 Å². The molecule has 0 bridgehead atoms. The normalized spacial score (nSPS) is 10.8. The van der Waals surface area contributed by atoms with Gasteiger partial charge in [-0.1, -0.05) is 13.3 Å². The highest BCUT2D eigenvalue weighted by molar-refractivity contribution is 5.24. The van der Waals surface area contributed by atoms with Gasteiger partial charge in [0.1, 0.15) is 6.61 Å². The van der Waals surface area contributed by atoms with Gasteiger partial charge in [-0.15, -0.1) is 0 Å². The Labute approximate surface area is 78.6 Å². The van der Waals surface area contributed by atoms with Gasteiger partial charge in [-0.2, -0.15) is 5.10 Å². The molecule has 0 spiro atoms. The fourth-order valence-electron chi connectivity index (χ4n) is 1.48. The van der Waals surface area contributed by atoms with Crippen molar-refractivity contribution in [2.24, 2.45) is 12.9 Å². The van der Waals surface area contributed by atoms with Crippen molar-refractivity contribution in [2.75, 3.05) is 0 Å². The van der Waals surface area contributed by atoms with Crippen molar-refractivity contribution in [3.05, 3.63) is 17.0 Å². The molecule has 4 heteroatoms. The Kier molecular flexibility index (Phi) is 3.45. The summed E-state index contributed by atoms with van der Waals surface area (Å²) in [6, 6.07) is 0. The van der Waals surface area contributed by atoms with Crippen molar-refractivity contribution in [2.45, 2.75) is 33.3 Å². The minimum atomic E-state index is 0.430. The van der Waals surface area contributed by atoms with Gasteiger partial charge in [-0.3, -0.25) is 9.52 Å². The lowest BCUT2D eigenvalue weighted by Gasteiger charge is -2.00. The smallest absolute Gasteiger partial charge is 0.110 e. The lowest BCUT2D eigenvalue weighted by Crippen LogP contribution is -2.05. The van der Waals surface area contributed by atoms with Crippen LogP contribution in [0.2, 0.25) is 0 Å². The molecule has 0 aliphatic carbocycles. The molecule has 1 aromatic rings. The molecule has 74 valence electrons. The van der Waals surface area contributed by atoms with E-state index in [1.165, 1.54) is 5.56 Å². The van der Waals surface area contributed by atoms with Gasteiger partial charge < -0.3 is 0 Å². The van der Waals surface area contributed by atoms with Crippen LogP contribution in [0.25, 0.3) is 0 Å². The Morgan fingerprint density at radius 1 is 1.54 bits per heavy atom. The maximum absolute atomic E-state index is 5.04. The average molecular weight is 183 g/mol. The summed E-state index contributed by atoms with van der Waals surface area (Å²) in [5.74, 6) is 5.04. The molecule has 1 heterocycles. The maximum atomic E-state index is 5.04. The van der Waals surface area contributed by atoms with E-state index in [0.29, 0.717) is 6.61 Å². The highest BCUT2D eigenvalue weighted by Gasteiger charge is 2.10. The van der Waals surface area contributed by atoms with Crippen LogP contribution in [0.15, 0.2) is 0 Å². The second kappa shape index (κ2) is 4.39. The number of nitrogens with two attached hydrogens (primary N) is 1. The zero-order valence-electron chi connectivity index (χ0n) is 8.50. The standard InChI is InChI=1S/C9H17N3O/c1-4-5-8-7(2)9(6-13-10)12(3)11-8/h4-6,10H2,1-3H3. The van der Waals surface area contributed by atoms with Crippen molar-refractivity contribution in [3.8, 4) is 0 Å². The Morgan fingerprint density at radius 2 is 2.23 bits per heavy atom. The van der Waals surface area contributed by atoms with Crippen LogP contribution in [0, 0.1) is 6.92 Å². The third-order valence-electron chi connectivity index (χ3n) is 2.23. The van der Waals surface area contributed by atoms with E-state index in [4.69, 9.17) is 5.90 Å². The lowest BCUT2D eigenvalue weighted by atomic mass is 10.1. The minimum absolute atomic E-state index is 0.430. The van der Waals surface area contributed by atoms with Crippen molar-refractivity contribution in [1.29, 1.82) is 0 Å². The number of aromatic nitrogens is 2. The number of hydrogen-bond donors (Lipinski definition) is 1. The fourth-order valence-corrected chi connectivity index (χ4v) is 1.48. The Hall–Kier alpha value is -0.870. The molecule has 0 aromatic carbocycles. The highest BCUT2D eigenvalue weighted by atomic mass is 16.6.